The van der Waals surface area contributed by atoms with Gasteiger partial charge in [-0.15, -0.1) is 0 Å². The maximum Gasteiger partial charge on any atom is 0.113 e. The van der Waals surface area contributed by atoms with Crippen LogP contribution in [0.15, 0.2) is 0 Å². The van der Waals surface area contributed by atoms with Crippen molar-refractivity contribution in [1.82, 2.24) is 0 Å². The van der Waals surface area contributed by atoms with Gasteiger partial charge in [0, 0.05) is 0 Å². The Bertz CT molecular complexity index is 108. The van der Waals surface area contributed by atoms with Crippen LogP contribution in [0.3, 0.4) is 0 Å². The van der Waals surface area contributed by atoms with Crippen LogP contribution >= 0.6 is 16.5 Å². The van der Waals surface area contributed by atoms with E-state index < -0.39 is 23.9 Å². The average Bonchev–Trinajstić information content (AvgIpc) is 1.93. The summed E-state index contributed by atoms with van der Waals surface area (Å²) in [6.07, 6.45) is -2.34. The minimum atomic E-state index is -1.17. The highest BCUT2D eigenvalue weighted by Gasteiger charge is 2.35. The lowest BCUT2D eigenvalue weighted by Gasteiger charge is -2.31. The molecule has 0 spiro atoms. The van der Waals surface area contributed by atoms with Gasteiger partial charge in [-0.2, -0.15) is 0 Å². The third kappa shape index (κ3) is 1.65. The van der Waals surface area contributed by atoms with E-state index in [4.69, 9.17) is 20.4 Å². The van der Waals surface area contributed by atoms with E-state index in [0.717, 1.165) is 0 Å². The first-order valence-electron chi connectivity index (χ1n) is 2.86. The second-order valence-corrected chi connectivity index (χ2v) is 5.65. The summed E-state index contributed by atoms with van der Waals surface area (Å²) in [5, 5.41) is 35.9. The fourth-order valence-electron chi connectivity index (χ4n) is 0.715. The molecule has 0 aliphatic carbocycles. The molecule has 60 valence electrons. The molecule has 6 atom stereocenters. The second kappa shape index (κ2) is 3.40. The zero-order valence-corrected chi connectivity index (χ0v) is 7.10. The quantitative estimate of drug-likeness (QED) is 0.350. The summed E-state index contributed by atoms with van der Waals surface area (Å²) < 4.78 is 0. The summed E-state index contributed by atoms with van der Waals surface area (Å²) in [4.78, 5) is 0. The highest BCUT2D eigenvalue weighted by atomic mass is 32.0. The van der Waals surface area contributed by atoms with E-state index in [1.807, 2.05) is 0 Å². The van der Waals surface area contributed by atoms with Gasteiger partial charge in [0.25, 0.3) is 0 Å². The minimum absolute atomic E-state index is 0.145. The van der Waals surface area contributed by atoms with Gasteiger partial charge in [-0.25, -0.2) is 0 Å². The molecule has 0 aromatic heterocycles. The minimum Gasteiger partial charge on any atom is -0.387 e. The third-order valence-electron chi connectivity index (χ3n) is 1.38. The van der Waals surface area contributed by atoms with Gasteiger partial charge in [0.05, 0.1) is 0 Å². The van der Waals surface area contributed by atoms with E-state index in [-0.39, 0.29) is 16.5 Å². The molecular weight excluding hydrogens is 174 g/mol. The lowest BCUT2D eigenvalue weighted by atomic mass is 10.2. The summed E-state index contributed by atoms with van der Waals surface area (Å²) in [5.41, 5.74) is 0. The number of hydrogen-bond donors (Lipinski definition) is 4. The van der Waals surface area contributed by atoms with Gasteiger partial charge in [0.1, 0.15) is 23.9 Å². The Morgan fingerprint density at radius 3 is 1.30 bits per heavy atom. The van der Waals surface area contributed by atoms with Gasteiger partial charge in [0.2, 0.25) is 0 Å². The van der Waals surface area contributed by atoms with Gasteiger partial charge in [0.15, 0.2) is 0 Å². The summed E-state index contributed by atoms with van der Waals surface area (Å²) in [6, 6.07) is 0. The van der Waals surface area contributed by atoms with Gasteiger partial charge >= 0.3 is 0 Å². The molecule has 1 saturated heterocycles. The Morgan fingerprint density at radius 2 is 1.00 bits per heavy atom. The largest absolute Gasteiger partial charge is 0.387 e. The SMILES string of the molecule is OC1PPC(O)C(O)C1O. The standard InChI is InChI=1S/C4H10O4P2/c5-1-2(6)4(8)10-9-3(1)7/h1-10H. The van der Waals surface area contributed by atoms with Crippen molar-refractivity contribution in [3.05, 3.63) is 0 Å². The maximum atomic E-state index is 8.97. The molecule has 0 saturated carbocycles. The van der Waals surface area contributed by atoms with Crippen molar-refractivity contribution in [2.45, 2.75) is 23.9 Å². The average molecular weight is 184 g/mol. The molecule has 1 aliphatic heterocycles. The smallest absolute Gasteiger partial charge is 0.113 e. The fourth-order valence-corrected chi connectivity index (χ4v) is 3.84. The highest BCUT2D eigenvalue weighted by Crippen LogP contribution is 2.50. The first kappa shape index (κ1) is 8.79. The van der Waals surface area contributed by atoms with Crippen LogP contribution < -0.4 is 0 Å². The Hall–Kier alpha value is 0.700. The lowest BCUT2D eigenvalue weighted by Crippen LogP contribution is -2.43. The third-order valence-corrected chi connectivity index (χ3v) is 5.09. The Morgan fingerprint density at radius 1 is 0.700 bits per heavy atom. The zero-order chi connectivity index (χ0) is 7.72. The summed E-state index contributed by atoms with van der Waals surface area (Å²) >= 11 is 0. The number of hydrogen-bond acceptors (Lipinski definition) is 4. The van der Waals surface area contributed by atoms with E-state index in [1.54, 1.807) is 0 Å². The fraction of sp³-hybridized carbons (Fsp3) is 1.00. The topological polar surface area (TPSA) is 80.9 Å². The summed E-state index contributed by atoms with van der Waals surface area (Å²) in [5.74, 6) is -1.70. The van der Waals surface area contributed by atoms with Crippen LogP contribution in [-0.4, -0.2) is 44.3 Å². The van der Waals surface area contributed by atoms with Crippen molar-refractivity contribution in [2.75, 3.05) is 0 Å². The highest BCUT2D eigenvalue weighted by molar-refractivity contribution is 8.12. The summed E-state index contributed by atoms with van der Waals surface area (Å²) in [6.45, 7) is 0. The van der Waals surface area contributed by atoms with Gasteiger partial charge < -0.3 is 20.4 Å². The van der Waals surface area contributed by atoms with Gasteiger partial charge in [-0.3, -0.25) is 0 Å². The van der Waals surface area contributed by atoms with Crippen LogP contribution in [0.25, 0.3) is 0 Å². The molecule has 1 heterocycles. The first-order chi connectivity index (χ1) is 4.63. The molecule has 1 fully saturated rings. The van der Waals surface area contributed by atoms with Crippen molar-refractivity contribution in [2.24, 2.45) is 0 Å². The molecule has 1 aliphatic rings. The van der Waals surface area contributed by atoms with E-state index in [1.165, 1.54) is 0 Å². The monoisotopic (exact) mass is 184 g/mol. The number of aliphatic hydroxyl groups excluding tert-OH is 4. The van der Waals surface area contributed by atoms with Crippen LogP contribution in [0, 0.1) is 0 Å². The molecule has 10 heavy (non-hydrogen) atoms. The van der Waals surface area contributed by atoms with E-state index in [9.17, 15) is 0 Å². The van der Waals surface area contributed by atoms with Crippen LogP contribution in [0.5, 0.6) is 0 Å². The van der Waals surface area contributed by atoms with Gasteiger partial charge in [-0.05, 0) is 0 Å². The van der Waals surface area contributed by atoms with Crippen LogP contribution in [-0.2, 0) is 0 Å². The molecule has 6 heteroatoms. The molecule has 4 nitrogen and oxygen atoms in total. The molecular formula is C4H10O4P2. The first-order valence-corrected chi connectivity index (χ1v) is 6.01. The normalized spacial score (nSPS) is 54.0. The van der Waals surface area contributed by atoms with Gasteiger partial charge in [-0.1, -0.05) is 16.5 Å². The van der Waals surface area contributed by atoms with E-state index in [0.29, 0.717) is 0 Å². The number of aliphatic hydroxyl groups is 4. The van der Waals surface area contributed by atoms with E-state index in [2.05, 4.69) is 0 Å². The predicted octanol–water partition coefficient (Wildman–Crippen LogP) is -1.37. The molecule has 6 unspecified atom stereocenters. The van der Waals surface area contributed by atoms with Crippen molar-refractivity contribution in [1.29, 1.82) is 0 Å². The molecule has 0 radical (unpaired) electrons. The maximum absolute atomic E-state index is 8.97. The number of rotatable bonds is 0. The predicted molar refractivity (Wildman–Crippen MR) is 40.7 cm³/mol. The molecule has 0 aromatic rings. The lowest BCUT2D eigenvalue weighted by molar-refractivity contribution is -0.0625. The zero-order valence-electron chi connectivity index (χ0n) is 5.10. The summed E-state index contributed by atoms with van der Waals surface area (Å²) in [7, 11) is 0.291. The Kier molecular flexibility index (Phi) is 2.99. The molecule has 4 N–H and O–H groups in total. The molecule has 0 aromatic carbocycles. The second-order valence-electron chi connectivity index (χ2n) is 2.16. The van der Waals surface area contributed by atoms with Crippen molar-refractivity contribution < 1.29 is 20.4 Å². The molecule has 0 bridgehead atoms. The molecule has 1 rings (SSSR count). The van der Waals surface area contributed by atoms with Crippen LogP contribution in [0.1, 0.15) is 0 Å². The van der Waals surface area contributed by atoms with E-state index >= 15 is 0 Å². The Labute approximate surface area is 61.7 Å². The molecule has 0 amide bonds. The van der Waals surface area contributed by atoms with Crippen LogP contribution in [0.4, 0.5) is 0 Å². The van der Waals surface area contributed by atoms with Crippen molar-refractivity contribution in [3.8, 4) is 0 Å². The van der Waals surface area contributed by atoms with Crippen molar-refractivity contribution in [3.63, 3.8) is 0 Å². The van der Waals surface area contributed by atoms with Crippen molar-refractivity contribution >= 4 is 16.5 Å². The van der Waals surface area contributed by atoms with Crippen LogP contribution in [0.2, 0.25) is 0 Å². The Balaban J connectivity index is 2.52.